The number of pyridine rings is 1. The summed E-state index contributed by atoms with van der Waals surface area (Å²) in [6.07, 6.45) is 7.35. The maximum atomic E-state index is 12.2. The average Bonchev–Trinajstić information content (AvgIpc) is 3.24. The van der Waals surface area contributed by atoms with E-state index in [2.05, 4.69) is 22.4 Å². The largest absolute Gasteiger partial charge is 0.457 e. The molecule has 1 atom stereocenters. The molecule has 0 aliphatic heterocycles. The number of aromatic nitrogens is 3. The SMILES string of the molecule is CC(C)(C)OC(=O)C=Cc1csc2c(NCC(N)Cc3ccccc3)nc(-c3ccncc3)nc12. The van der Waals surface area contributed by atoms with Gasteiger partial charge in [0, 0.05) is 47.6 Å². The lowest BCUT2D eigenvalue weighted by Crippen LogP contribution is -2.31. The Morgan fingerprint density at radius 1 is 1.14 bits per heavy atom. The van der Waals surface area contributed by atoms with Crippen LogP contribution >= 0.6 is 11.3 Å². The molecule has 4 rings (SSSR count). The molecule has 1 unspecified atom stereocenters. The Balaban J connectivity index is 1.62. The van der Waals surface area contributed by atoms with Crippen molar-refractivity contribution in [2.24, 2.45) is 5.73 Å². The third kappa shape index (κ3) is 6.71. The third-order valence-corrected chi connectivity index (χ3v) is 6.05. The summed E-state index contributed by atoms with van der Waals surface area (Å²) in [5.41, 5.74) is 9.49. The van der Waals surface area contributed by atoms with Gasteiger partial charge in [-0.25, -0.2) is 14.8 Å². The van der Waals surface area contributed by atoms with Crippen LogP contribution in [0, 0.1) is 0 Å². The molecule has 0 spiro atoms. The van der Waals surface area contributed by atoms with Gasteiger partial charge in [-0.1, -0.05) is 30.3 Å². The van der Waals surface area contributed by atoms with E-state index in [1.54, 1.807) is 18.5 Å². The molecule has 0 aliphatic carbocycles. The molecule has 0 amide bonds. The summed E-state index contributed by atoms with van der Waals surface area (Å²) in [4.78, 5) is 25.9. The highest BCUT2D eigenvalue weighted by Gasteiger charge is 2.17. The lowest BCUT2D eigenvalue weighted by atomic mass is 10.1. The first kappa shape index (κ1) is 24.5. The summed E-state index contributed by atoms with van der Waals surface area (Å²) in [5, 5.41) is 5.39. The van der Waals surface area contributed by atoms with Crippen molar-refractivity contribution in [3.63, 3.8) is 0 Å². The smallest absolute Gasteiger partial charge is 0.331 e. The maximum absolute atomic E-state index is 12.2. The van der Waals surface area contributed by atoms with Crippen molar-refractivity contribution < 1.29 is 9.53 Å². The number of ether oxygens (including phenoxy) is 1. The minimum absolute atomic E-state index is 0.0849. The second kappa shape index (κ2) is 10.8. The molecule has 0 saturated heterocycles. The monoisotopic (exact) mass is 487 g/mol. The molecule has 3 N–H and O–H groups in total. The molecule has 0 radical (unpaired) electrons. The van der Waals surface area contributed by atoms with Crippen molar-refractivity contribution in [2.75, 3.05) is 11.9 Å². The summed E-state index contributed by atoms with van der Waals surface area (Å²) in [6, 6.07) is 13.8. The van der Waals surface area contributed by atoms with Gasteiger partial charge in [0.05, 0.1) is 10.2 Å². The Morgan fingerprint density at radius 3 is 2.60 bits per heavy atom. The van der Waals surface area contributed by atoms with E-state index in [9.17, 15) is 4.79 Å². The van der Waals surface area contributed by atoms with Crippen LogP contribution in [0.25, 0.3) is 27.7 Å². The highest BCUT2D eigenvalue weighted by molar-refractivity contribution is 7.18. The van der Waals surface area contributed by atoms with Gasteiger partial charge in [-0.15, -0.1) is 11.3 Å². The van der Waals surface area contributed by atoms with Crippen LogP contribution in [-0.2, 0) is 16.0 Å². The van der Waals surface area contributed by atoms with Crippen LogP contribution < -0.4 is 11.1 Å². The van der Waals surface area contributed by atoms with Gasteiger partial charge in [0.15, 0.2) is 5.82 Å². The van der Waals surface area contributed by atoms with Crippen LogP contribution in [0.3, 0.4) is 0 Å². The summed E-state index contributed by atoms with van der Waals surface area (Å²) < 4.78 is 6.29. The standard InChI is InChI=1S/C27H29N5O2S/c1-27(2,3)34-22(33)10-9-20-17-35-24-23(20)31-25(19-11-13-29-14-12-19)32-26(24)30-16-21(28)15-18-7-5-4-6-8-18/h4-14,17,21H,15-16,28H2,1-3H3,(H,30,31,32). The van der Waals surface area contributed by atoms with E-state index in [0.29, 0.717) is 18.2 Å². The van der Waals surface area contributed by atoms with Crippen LogP contribution in [0.15, 0.2) is 66.3 Å². The van der Waals surface area contributed by atoms with E-state index >= 15 is 0 Å². The molecule has 0 aliphatic rings. The normalized spacial score (nSPS) is 12.7. The van der Waals surface area contributed by atoms with Crippen LogP contribution in [-0.4, -0.2) is 39.1 Å². The first-order chi connectivity index (χ1) is 16.8. The van der Waals surface area contributed by atoms with Crippen LogP contribution in [0.5, 0.6) is 0 Å². The van der Waals surface area contributed by atoms with Crippen LogP contribution in [0.2, 0.25) is 0 Å². The second-order valence-corrected chi connectivity index (χ2v) is 10.1. The molecule has 1 aromatic carbocycles. The number of thiophene rings is 1. The fourth-order valence-corrected chi connectivity index (χ4v) is 4.45. The average molecular weight is 488 g/mol. The second-order valence-electron chi connectivity index (χ2n) is 9.20. The van der Waals surface area contributed by atoms with Crippen LogP contribution in [0.4, 0.5) is 5.82 Å². The first-order valence-electron chi connectivity index (χ1n) is 11.4. The number of carbonyl (C=O) groups excluding carboxylic acids is 1. The van der Waals surface area contributed by atoms with Crippen molar-refractivity contribution in [1.29, 1.82) is 0 Å². The number of nitrogens with zero attached hydrogens (tertiary/aromatic N) is 3. The Hall–Kier alpha value is -3.62. The fourth-order valence-electron chi connectivity index (χ4n) is 3.51. The Labute approximate surface area is 209 Å². The van der Waals surface area contributed by atoms with Gasteiger partial charge >= 0.3 is 5.97 Å². The van der Waals surface area contributed by atoms with Crippen molar-refractivity contribution in [3.8, 4) is 11.4 Å². The zero-order valence-corrected chi connectivity index (χ0v) is 20.9. The lowest BCUT2D eigenvalue weighted by Gasteiger charge is -2.17. The van der Waals surface area contributed by atoms with E-state index in [4.69, 9.17) is 20.4 Å². The summed E-state index contributed by atoms with van der Waals surface area (Å²) in [7, 11) is 0. The number of esters is 1. The summed E-state index contributed by atoms with van der Waals surface area (Å²) in [5.74, 6) is 0.891. The number of rotatable bonds is 8. The molecule has 35 heavy (non-hydrogen) atoms. The minimum Gasteiger partial charge on any atom is -0.457 e. The molecule has 7 nitrogen and oxygen atoms in total. The van der Waals surface area contributed by atoms with E-state index in [1.807, 2.05) is 56.5 Å². The van der Waals surface area contributed by atoms with Gasteiger partial charge in [-0.05, 0) is 51.0 Å². The zero-order valence-electron chi connectivity index (χ0n) is 20.1. The van der Waals surface area contributed by atoms with Crippen molar-refractivity contribution >= 4 is 39.4 Å². The zero-order chi connectivity index (χ0) is 24.8. The number of anilines is 1. The first-order valence-corrected chi connectivity index (χ1v) is 12.3. The number of carbonyl (C=O) groups is 1. The lowest BCUT2D eigenvalue weighted by molar-refractivity contribution is -0.148. The van der Waals surface area contributed by atoms with Gasteiger partial charge in [0.2, 0.25) is 0 Å². The van der Waals surface area contributed by atoms with E-state index < -0.39 is 11.6 Å². The van der Waals surface area contributed by atoms with Crippen molar-refractivity contribution in [3.05, 3.63) is 77.4 Å². The van der Waals surface area contributed by atoms with Gasteiger partial charge in [-0.3, -0.25) is 4.98 Å². The molecule has 0 fully saturated rings. The van der Waals surface area contributed by atoms with Gasteiger partial charge in [-0.2, -0.15) is 0 Å². The summed E-state index contributed by atoms with van der Waals surface area (Å²) >= 11 is 1.52. The van der Waals surface area contributed by atoms with Gasteiger partial charge in [0.25, 0.3) is 0 Å². The number of nitrogens with two attached hydrogens (primary N) is 1. The molecule has 0 saturated carbocycles. The quantitative estimate of drug-likeness (QED) is 0.264. The molecule has 3 heterocycles. The molecule has 180 valence electrons. The Kier molecular flexibility index (Phi) is 7.53. The van der Waals surface area contributed by atoms with Crippen molar-refractivity contribution in [2.45, 2.75) is 38.8 Å². The van der Waals surface area contributed by atoms with Gasteiger partial charge in [0.1, 0.15) is 11.4 Å². The van der Waals surface area contributed by atoms with Crippen molar-refractivity contribution in [1.82, 2.24) is 15.0 Å². The highest BCUT2D eigenvalue weighted by Crippen LogP contribution is 2.33. The number of fused-ring (bicyclic) bond motifs is 1. The molecule has 0 bridgehead atoms. The highest BCUT2D eigenvalue weighted by atomic mass is 32.1. The van der Waals surface area contributed by atoms with Crippen LogP contribution in [0.1, 0.15) is 31.9 Å². The Bertz CT molecular complexity index is 1310. The van der Waals surface area contributed by atoms with E-state index in [-0.39, 0.29) is 6.04 Å². The number of hydrogen-bond acceptors (Lipinski definition) is 8. The fraction of sp³-hybridized carbons (Fsp3) is 0.259. The molecular weight excluding hydrogens is 458 g/mol. The minimum atomic E-state index is -0.551. The predicted octanol–water partition coefficient (Wildman–Crippen LogP) is 5.09. The Morgan fingerprint density at radius 2 is 1.89 bits per heavy atom. The topological polar surface area (TPSA) is 103 Å². The van der Waals surface area contributed by atoms with E-state index in [1.165, 1.54) is 23.0 Å². The number of hydrogen-bond donors (Lipinski definition) is 2. The maximum Gasteiger partial charge on any atom is 0.331 e. The van der Waals surface area contributed by atoms with E-state index in [0.717, 1.165) is 27.8 Å². The number of benzene rings is 1. The summed E-state index contributed by atoms with van der Waals surface area (Å²) in [6.45, 7) is 6.08. The van der Waals surface area contributed by atoms with Gasteiger partial charge < -0.3 is 15.8 Å². The third-order valence-electron chi connectivity index (χ3n) is 5.06. The molecule has 4 aromatic rings. The number of nitrogens with one attached hydrogen (secondary N) is 1. The predicted molar refractivity (Wildman–Crippen MR) is 142 cm³/mol. The molecule has 8 heteroatoms. The molecular formula is C27H29N5O2S. The molecule has 3 aromatic heterocycles.